The van der Waals surface area contributed by atoms with E-state index in [1.807, 2.05) is 24.3 Å². The van der Waals surface area contributed by atoms with Gasteiger partial charge in [0.25, 0.3) is 0 Å². The molecule has 2 amide bonds. The van der Waals surface area contributed by atoms with E-state index in [9.17, 15) is 9.59 Å². The molecule has 6 nitrogen and oxygen atoms in total. The highest BCUT2D eigenvalue weighted by Gasteiger charge is 2.21. The Labute approximate surface area is 159 Å². The van der Waals surface area contributed by atoms with E-state index in [0.29, 0.717) is 18.8 Å². The fourth-order valence-corrected chi connectivity index (χ4v) is 3.07. The molecule has 0 unspecified atom stereocenters. The average molecular weight is 367 g/mol. The molecule has 0 aromatic heterocycles. The predicted molar refractivity (Wildman–Crippen MR) is 104 cm³/mol. The number of rotatable bonds is 6. The van der Waals surface area contributed by atoms with Crippen LogP contribution in [0.1, 0.15) is 18.1 Å². The lowest BCUT2D eigenvalue weighted by Gasteiger charge is -2.33. The summed E-state index contributed by atoms with van der Waals surface area (Å²) in [4.78, 5) is 26.1. The molecule has 0 bridgehead atoms. The molecule has 0 spiro atoms. The van der Waals surface area contributed by atoms with E-state index < -0.39 is 11.8 Å². The van der Waals surface area contributed by atoms with Crippen molar-refractivity contribution in [2.24, 2.45) is 0 Å². The van der Waals surface area contributed by atoms with Gasteiger partial charge >= 0.3 is 11.8 Å². The molecule has 0 aliphatic carbocycles. The van der Waals surface area contributed by atoms with Gasteiger partial charge in [0, 0.05) is 31.9 Å². The van der Waals surface area contributed by atoms with Gasteiger partial charge in [0.2, 0.25) is 0 Å². The van der Waals surface area contributed by atoms with Crippen LogP contribution in [0.2, 0.25) is 0 Å². The first-order valence-corrected chi connectivity index (χ1v) is 9.25. The number of ether oxygens (including phenoxy) is 1. The minimum absolute atomic E-state index is 0.0891. The van der Waals surface area contributed by atoms with Crippen molar-refractivity contribution in [2.75, 3.05) is 38.1 Å². The third-order valence-electron chi connectivity index (χ3n) is 4.50. The number of benzene rings is 2. The van der Waals surface area contributed by atoms with Crippen molar-refractivity contribution in [3.8, 4) is 0 Å². The molecule has 1 saturated heterocycles. The Morgan fingerprint density at radius 3 is 2.44 bits per heavy atom. The molecule has 1 aliphatic rings. The second-order valence-electron chi connectivity index (χ2n) is 6.50. The fraction of sp³-hybridized carbons (Fsp3) is 0.333. The molecule has 1 fully saturated rings. The minimum Gasteiger partial charge on any atom is -0.371 e. The van der Waals surface area contributed by atoms with Crippen LogP contribution in [0, 0.1) is 0 Å². The second-order valence-corrected chi connectivity index (χ2v) is 6.50. The van der Waals surface area contributed by atoms with Gasteiger partial charge in [-0.15, -0.1) is 0 Å². The summed E-state index contributed by atoms with van der Waals surface area (Å²) in [5, 5.41) is 5.25. The zero-order chi connectivity index (χ0) is 18.9. The van der Waals surface area contributed by atoms with Gasteiger partial charge in [0.15, 0.2) is 0 Å². The normalized spacial score (nSPS) is 17.3. The lowest BCUT2D eigenvalue weighted by atomic mass is 10.1. The highest BCUT2D eigenvalue weighted by atomic mass is 16.5. The topological polar surface area (TPSA) is 70.7 Å². The monoisotopic (exact) mass is 367 g/mol. The van der Waals surface area contributed by atoms with E-state index in [2.05, 4.69) is 27.7 Å². The van der Waals surface area contributed by atoms with Crippen molar-refractivity contribution in [1.82, 2.24) is 10.2 Å². The number of amides is 2. The molecule has 1 aliphatic heterocycles. The maximum Gasteiger partial charge on any atom is 0.313 e. The number of carbonyl (C=O) groups excluding carboxylic acids is 2. The van der Waals surface area contributed by atoms with Crippen LogP contribution in [0.15, 0.2) is 60.7 Å². The van der Waals surface area contributed by atoms with Crippen LogP contribution in [0.25, 0.3) is 0 Å². The minimum atomic E-state index is -0.642. The van der Waals surface area contributed by atoms with Crippen LogP contribution in [0.3, 0.4) is 0 Å². The highest BCUT2D eigenvalue weighted by molar-refractivity contribution is 6.39. The third-order valence-corrected chi connectivity index (χ3v) is 4.50. The lowest BCUT2D eigenvalue weighted by Crippen LogP contribution is -2.41. The van der Waals surface area contributed by atoms with Crippen molar-refractivity contribution in [3.05, 3.63) is 66.2 Å². The number of para-hydroxylation sites is 1. The zero-order valence-corrected chi connectivity index (χ0v) is 15.3. The third kappa shape index (κ3) is 5.91. The maximum absolute atomic E-state index is 11.9. The summed E-state index contributed by atoms with van der Waals surface area (Å²) in [7, 11) is 0. The Morgan fingerprint density at radius 2 is 1.70 bits per heavy atom. The van der Waals surface area contributed by atoms with E-state index in [-0.39, 0.29) is 6.10 Å². The Hall–Kier alpha value is -2.70. The van der Waals surface area contributed by atoms with Gasteiger partial charge in [-0.05, 0) is 24.1 Å². The van der Waals surface area contributed by atoms with Gasteiger partial charge in [0.05, 0.1) is 12.7 Å². The molecule has 3 rings (SSSR count). The Balaban J connectivity index is 1.36. The number of carbonyl (C=O) groups is 2. The molecule has 1 heterocycles. The van der Waals surface area contributed by atoms with Gasteiger partial charge in [-0.25, -0.2) is 0 Å². The highest BCUT2D eigenvalue weighted by Crippen LogP contribution is 2.21. The first-order chi connectivity index (χ1) is 13.2. The molecule has 0 saturated carbocycles. The van der Waals surface area contributed by atoms with Crippen LogP contribution in [-0.4, -0.2) is 49.5 Å². The van der Waals surface area contributed by atoms with Crippen molar-refractivity contribution >= 4 is 17.5 Å². The molecule has 0 radical (unpaired) electrons. The van der Waals surface area contributed by atoms with Gasteiger partial charge in [0.1, 0.15) is 0 Å². The summed E-state index contributed by atoms with van der Waals surface area (Å²) < 4.78 is 5.86. The first kappa shape index (κ1) is 19.1. The van der Waals surface area contributed by atoms with Crippen LogP contribution in [0.4, 0.5) is 5.69 Å². The summed E-state index contributed by atoms with van der Waals surface area (Å²) in [6, 6.07) is 19.2. The summed E-state index contributed by atoms with van der Waals surface area (Å²) in [6.07, 6.45) is 0.873. The Kier molecular flexibility index (Phi) is 6.96. The van der Waals surface area contributed by atoms with E-state index in [1.54, 1.807) is 24.3 Å². The largest absolute Gasteiger partial charge is 0.371 e. The standard InChI is InChI=1S/C21H25N3O3/c25-20(21(26)23-18-10-5-2-6-11-18)22-12-7-13-24-14-15-27-19(16-24)17-8-3-1-4-9-17/h1-6,8-11,19H,7,12-16H2,(H,22,25)(H,23,26)/t19-/m0/s1. The first-order valence-electron chi connectivity index (χ1n) is 9.25. The van der Waals surface area contributed by atoms with Crippen molar-refractivity contribution in [1.29, 1.82) is 0 Å². The maximum atomic E-state index is 11.9. The number of nitrogens with zero attached hydrogens (tertiary/aromatic N) is 1. The molecule has 142 valence electrons. The van der Waals surface area contributed by atoms with Crippen LogP contribution < -0.4 is 10.6 Å². The molecule has 1 atom stereocenters. The van der Waals surface area contributed by atoms with Gasteiger partial charge in [-0.1, -0.05) is 48.5 Å². The smallest absolute Gasteiger partial charge is 0.313 e. The number of morpholine rings is 1. The van der Waals surface area contributed by atoms with Crippen molar-refractivity contribution in [3.63, 3.8) is 0 Å². The summed E-state index contributed by atoms with van der Waals surface area (Å²) in [5.74, 6) is -1.25. The van der Waals surface area contributed by atoms with Gasteiger partial charge in [-0.3, -0.25) is 14.5 Å². The van der Waals surface area contributed by atoms with Gasteiger partial charge < -0.3 is 15.4 Å². The summed E-state index contributed by atoms with van der Waals surface area (Å²) in [6.45, 7) is 3.74. The molecular weight excluding hydrogens is 342 g/mol. The quantitative estimate of drug-likeness (QED) is 0.607. The van der Waals surface area contributed by atoms with E-state index in [0.717, 1.165) is 26.1 Å². The molecule has 2 aromatic rings. The lowest BCUT2D eigenvalue weighted by molar-refractivity contribution is -0.136. The second kappa shape index (κ2) is 9.85. The van der Waals surface area contributed by atoms with E-state index in [4.69, 9.17) is 4.74 Å². The molecule has 2 aromatic carbocycles. The Morgan fingerprint density at radius 1 is 1.00 bits per heavy atom. The number of hydrogen-bond acceptors (Lipinski definition) is 4. The predicted octanol–water partition coefficient (Wildman–Crippen LogP) is 2.20. The number of anilines is 1. The van der Waals surface area contributed by atoms with E-state index in [1.165, 1.54) is 5.56 Å². The fourth-order valence-electron chi connectivity index (χ4n) is 3.07. The Bertz CT molecular complexity index is 737. The molecule has 2 N–H and O–H groups in total. The summed E-state index contributed by atoms with van der Waals surface area (Å²) in [5.41, 5.74) is 1.80. The number of hydrogen-bond donors (Lipinski definition) is 2. The van der Waals surface area contributed by atoms with Crippen molar-refractivity contribution in [2.45, 2.75) is 12.5 Å². The van der Waals surface area contributed by atoms with Crippen LogP contribution >= 0.6 is 0 Å². The average Bonchev–Trinajstić information content (AvgIpc) is 2.72. The van der Waals surface area contributed by atoms with Crippen LogP contribution in [-0.2, 0) is 14.3 Å². The van der Waals surface area contributed by atoms with Crippen molar-refractivity contribution < 1.29 is 14.3 Å². The molecular formula is C21H25N3O3. The van der Waals surface area contributed by atoms with Gasteiger partial charge in [-0.2, -0.15) is 0 Å². The van der Waals surface area contributed by atoms with Crippen LogP contribution in [0.5, 0.6) is 0 Å². The summed E-state index contributed by atoms with van der Waals surface area (Å²) >= 11 is 0. The SMILES string of the molecule is O=C(NCCCN1CCO[C@H](c2ccccc2)C1)C(=O)Nc1ccccc1. The zero-order valence-electron chi connectivity index (χ0n) is 15.3. The number of nitrogens with one attached hydrogen (secondary N) is 2. The molecule has 27 heavy (non-hydrogen) atoms. The molecule has 6 heteroatoms. The van der Waals surface area contributed by atoms with E-state index >= 15 is 0 Å².